The highest BCUT2D eigenvalue weighted by Crippen LogP contribution is 2.22. The van der Waals surface area contributed by atoms with E-state index in [0.29, 0.717) is 24.5 Å². The smallest absolute Gasteiger partial charge is 0.348 e. The molecule has 0 aliphatic carbocycles. The minimum Gasteiger partial charge on any atom is -0.465 e. The number of rotatable bonds is 4. The van der Waals surface area contributed by atoms with Crippen molar-refractivity contribution in [3.63, 3.8) is 0 Å². The Kier molecular flexibility index (Phi) is 5.20. The first-order chi connectivity index (χ1) is 12.0. The van der Waals surface area contributed by atoms with Gasteiger partial charge in [0.1, 0.15) is 4.88 Å². The minimum absolute atomic E-state index is 0.111. The van der Waals surface area contributed by atoms with E-state index >= 15 is 0 Å². The van der Waals surface area contributed by atoms with Crippen LogP contribution in [0.2, 0.25) is 0 Å². The minimum atomic E-state index is -0.313. The molecule has 1 fully saturated rings. The quantitative estimate of drug-likeness (QED) is 0.789. The lowest BCUT2D eigenvalue weighted by molar-refractivity contribution is -0.121. The first kappa shape index (κ1) is 17.6. The molecule has 0 atom stereocenters. The van der Waals surface area contributed by atoms with E-state index in [0.717, 1.165) is 17.8 Å². The lowest BCUT2D eigenvalue weighted by Crippen LogP contribution is -2.50. The molecule has 2 heterocycles. The number of benzene rings is 1. The number of ether oxygens (including phenoxy) is 1. The first-order valence-electron chi connectivity index (χ1n) is 8.23. The van der Waals surface area contributed by atoms with Crippen molar-refractivity contribution in [1.29, 1.82) is 0 Å². The van der Waals surface area contributed by atoms with Gasteiger partial charge >= 0.3 is 5.97 Å². The SMILES string of the molecule is COC(=O)c1cc(CN2CCN(c3cc(C)cc(C)c3)C(=O)C2)cs1. The lowest BCUT2D eigenvalue weighted by Gasteiger charge is -2.34. The van der Waals surface area contributed by atoms with Crippen LogP contribution in [0, 0.1) is 13.8 Å². The number of piperazine rings is 1. The zero-order valence-corrected chi connectivity index (χ0v) is 15.6. The van der Waals surface area contributed by atoms with Crippen molar-refractivity contribution in [3.8, 4) is 0 Å². The highest BCUT2D eigenvalue weighted by Gasteiger charge is 2.25. The number of methoxy groups -OCH3 is 1. The Bertz CT molecular complexity index is 779. The van der Waals surface area contributed by atoms with Crippen LogP contribution in [0.1, 0.15) is 26.4 Å². The Morgan fingerprint density at radius 1 is 1.16 bits per heavy atom. The zero-order chi connectivity index (χ0) is 18.0. The third kappa shape index (κ3) is 4.08. The molecular weight excluding hydrogens is 336 g/mol. The molecule has 2 aromatic rings. The van der Waals surface area contributed by atoms with Crippen LogP contribution < -0.4 is 4.90 Å². The van der Waals surface area contributed by atoms with Gasteiger partial charge in [0.15, 0.2) is 0 Å². The molecule has 1 aliphatic heterocycles. The maximum atomic E-state index is 12.6. The highest BCUT2D eigenvalue weighted by atomic mass is 32.1. The molecule has 1 aliphatic rings. The Morgan fingerprint density at radius 2 is 1.88 bits per heavy atom. The van der Waals surface area contributed by atoms with Crippen molar-refractivity contribution < 1.29 is 14.3 Å². The van der Waals surface area contributed by atoms with Gasteiger partial charge in [0.2, 0.25) is 5.91 Å². The van der Waals surface area contributed by atoms with E-state index in [-0.39, 0.29) is 11.9 Å². The van der Waals surface area contributed by atoms with Crippen molar-refractivity contribution in [2.24, 2.45) is 0 Å². The standard InChI is InChI=1S/C19H22N2O3S/c1-13-6-14(2)8-16(7-13)21-5-4-20(11-18(21)22)10-15-9-17(25-12-15)19(23)24-3/h6-9,12H,4-5,10-11H2,1-3H3. The van der Waals surface area contributed by atoms with E-state index in [1.165, 1.54) is 29.6 Å². The summed E-state index contributed by atoms with van der Waals surface area (Å²) in [4.78, 5) is 28.7. The monoisotopic (exact) mass is 358 g/mol. The summed E-state index contributed by atoms with van der Waals surface area (Å²) in [6, 6.07) is 8.07. The molecule has 6 heteroatoms. The van der Waals surface area contributed by atoms with Gasteiger partial charge in [-0.1, -0.05) is 6.07 Å². The van der Waals surface area contributed by atoms with E-state index in [4.69, 9.17) is 4.74 Å². The Labute approximate surface area is 151 Å². The van der Waals surface area contributed by atoms with Gasteiger partial charge in [-0.3, -0.25) is 9.69 Å². The van der Waals surface area contributed by atoms with E-state index in [1.807, 2.05) is 30.2 Å². The second-order valence-electron chi connectivity index (χ2n) is 6.41. The maximum absolute atomic E-state index is 12.6. The van der Waals surface area contributed by atoms with Gasteiger partial charge in [-0.15, -0.1) is 11.3 Å². The lowest BCUT2D eigenvalue weighted by atomic mass is 10.1. The molecule has 25 heavy (non-hydrogen) atoms. The normalized spacial score (nSPS) is 15.5. The van der Waals surface area contributed by atoms with Crippen LogP contribution >= 0.6 is 11.3 Å². The van der Waals surface area contributed by atoms with Gasteiger partial charge in [-0.2, -0.15) is 0 Å². The number of amides is 1. The van der Waals surface area contributed by atoms with Crippen molar-refractivity contribution >= 4 is 28.9 Å². The van der Waals surface area contributed by atoms with Crippen LogP contribution in [0.15, 0.2) is 29.6 Å². The number of carbonyl (C=O) groups is 2. The van der Waals surface area contributed by atoms with Gasteiger partial charge in [0, 0.05) is 25.3 Å². The predicted octanol–water partition coefficient (Wildman–Crippen LogP) is 3.00. The summed E-state index contributed by atoms with van der Waals surface area (Å²) in [7, 11) is 1.38. The summed E-state index contributed by atoms with van der Waals surface area (Å²) in [5.74, 6) is -0.202. The van der Waals surface area contributed by atoms with Crippen LogP contribution in [0.3, 0.4) is 0 Å². The van der Waals surface area contributed by atoms with Crippen LogP contribution in [0.4, 0.5) is 5.69 Å². The number of anilines is 1. The highest BCUT2D eigenvalue weighted by molar-refractivity contribution is 7.12. The molecule has 0 saturated carbocycles. The van der Waals surface area contributed by atoms with Crippen molar-refractivity contribution in [1.82, 2.24) is 4.90 Å². The van der Waals surface area contributed by atoms with Gasteiger partial charge in [-0.25, -0.2) is 4.79 Å². The van der Waals surface area contributed by atoms with E-state index < -0.39 is 0 Å². The molecule has 3 rings (SSSR count). The maximum Gasteiger partial charge on any atom is 0.348 e. The third-order valence-electron chi connectivity index (χ3n) is 4.26. The summed E-state index contributed by atoms with van der Waals surface area (Å²) >= 11 is 1.38. The summed E-state index contributed by atoms with van der Waals surface area (Å²) in [6.07, 6.45) is 0. The zero-order valence-electron chi connectivity index (χ0n) is 14.7. The van der Waals surface area contributed by atoms with Crippen LogP contribution in [0.25, 0.3) is 0 Å². The second kappa shape index (κ2) is 7.37. The molecule has 5 nitrogen and oxygen atoms in total. The Morgan fingerprint density at radius 3 is 2.52 bits per heavy atom. The Hall–Kier alpha value is -2.18. The first-order valence-corrected chi connectivity index (χ1v) is 9.11. The van der Waals surface area contributed by atoms with Gasteiger partial charge in [-0.05, 0) is 54.1 Å². The van der Waals surface area contributed by atoms with E-state index in [9.17, 15) is 9.59 Å². The number of hydrogen-bond donors (Lipinski definition) is 0. The topological polar surface area (TPSA) is 49.9 Å². The molecule has 0 N–H and O–H groups in total. The molecule has 0 unspecified atom stereocenters. The average Bonchev–Trinajstić information content (AvgIpc) is 3.01. The molecule has 0 spiro atoms. The largest absolute Gasteiger partial charge is 0.465 e. The van der Waals surface area contributed by atoms with Crippen molar-refractivity contribution in [3.05, 3.63) is 51.2 Å². The molecule has 0 bridgehead atoms. The van der Waals surface area contributed by atoms with Gasteiger partial charge < -0.3 is 9.64 Å². The fourth-order valence-electron chi connectivity index (χ4n) is 3.16. The number of nitrogens with zero attached hydrogens (tertiary/aromatic N) is 2. The average molecular weight is 358 g/mol. The number of hydrogen-bond acceptors (Lipinski definition) is 5. The molecule has 1 amide bonds. The third-order valence-corrected chi connectivity index (χ3v) is 5.22. The number of esters is 1. The summed E-state index contributed by atoms with van der Waals surface area (Å²) in [6.45, 7) is 6.63. The number of aryl methyl sites for hydroxylation is 2. The predicted molar refractivity (Wildman–Crippen MR) is 99.2 cm³/mol. The summed E-state index contributed by atoms with van der Waals surface area (Å²) in [5.41, 5.74) is 4.35. The molecule has 1 saturated heterocycles. The van der Waals surface area contributed by atoms with Gasteiger partial charge in [0.05, 0.1) is 13.7 Å². The fraction of sp³-hybridized carbons (Fsp3) is 0.368. The Balaban J connectivity index is 1.64. The number of carbonyl (C=O) groups excluding carboxylic acids is 2. The molecule has 132 valence electrons. The van der Waals surface area contributed by atoms with E-state index in [2.05, 4.69) is 23.1 Å². The molecule has 0 radical (unpaired) electrons. The molecule has 1 aromatic heterocycles. The second-order valence-corrected chi connectivity index (χ2v) is 7.32. The molecular formula is C19H22N2O3S. The van der Waals surface area contributed by atoms with Crippen molar-refractivity contribution in [2.75, 3.05) is 31.6 Å². The van der Waals surface area contributed by atoms with Crippen LogP contribution in [0.5, 0.6) is 0 Å². The summed E-state index contributed by atoms with van der Waals surface area (Å²) < 4.78 is 4.74. The van der Waals surface area contributed by atoms with Crippen LogP contribution in [-0.4, -0.2) is 43.5 Å². The van der Waals surface area contributed by atoms with Crippen molar-refractivity contribution in [2.45, 2.75) is 20.4 Å². The number of thiophene rings is 1. The van der Waals surface area contributed by atoms with E-state index in [1.54, 1.807) is 0 Å². The fourth-order valence-corrected chi connectivity index (χ4v) is 3.98. The van der Waals surface area contributed by atoms with Crippen LogP contribution in [-0.2, 0) is 16.1 Å². The van der Waals surface area contributed by atoms with Gasteiger partial charge in [0.25, 0.3) is 0 Å². The summed E-state index contributed by atoms with van der Waals surface area (Å²) in [5, 5.41) is 1.95. The molecule has 1 aromatic carbocycles.